The van der Waals surface area contributed by atoms with Crippen molar-refractivity contribution in [3.05, 3.63) is 70.4 Å². The molecule has 0 fully saturated rings. The van der Waals surface area contributed by atoms with Gasteiger partial charge < -0.3 is 9.30 Å². The molecule has 0 aliphatic heterocycles. The minimum absolute atomic E-state index is 0.408. The van der Waals surface area contributed by atoms with Crippen LogP contribution in [0.1, 0.15) is 45.6 Å². The van der Waals surface area contributed by atoms with Crippen molar-refractivity contribution >= 4 is 16.9 Å². The second-order valence-corrected chi connectivity index (χ2v) is 7.11. The third-order valence-electron chi connectivity index (χ3n) is 5.42. The molecule has 0 atom stereocenters. The molecule has 1 aliphatic carbocycles. The zero-order valence-electron chi connectivity index (χ0n) is 15.5. The lowest BCUT2D eigenvalue weighted by Crippen LogP contribution is -2.11. The van der Waals surface area contributed by atoms with Crippen LogP contribution in [0.3, 0.4) is 0 Å². The number of benzene rings is 2. The smallest absolute Gasteiger partial charge is 0.416 e. The van der Waals surface area contributed by atoms with Crippen LogP contribution in [0.4, 0.5) is 13.2 Å². The predicted octanol–water partition coefficient (Wildman–Crippen LogP) is 5.37. The second kappa shape index (κ2) is 7.00. The Morgan fingerprint density at radius 3 is 2.46 bits per heavy atom. The highest BCUT2D eigenvalue weighted by Gasteiger charge is 2.30. The van der Waals surface area contributed by atoms with Crippen LogP contribution in [-0.4, -0.2) is 17.6 Å². The molecule has 0 unspecified atom stereocenters. The largest absolute Gasteiger partial charge is 0.465 e. The standard InChI is InChI=1S/C22H20F3NO2/c1-28-21(27)18-7-4-6-17-16-5-2-3-8-19(16)26(20(17)18)13-14-9-11-15(12-10-14)22(23,24)25/h4,6-7,9-12H,2-3,5,8,13H2,1H3. The first kappa shape index (κ1) is 18.6. The van der Waals surface area contributed by atoms with E-state index in [9.17, 15) is 18.0 Å². The van der Waals surface area contributed by atoms with E-state index >= 15 is 0 Å². The number of methoxy groups -OCH3 is 1. The Bertz CT molecular complexity index is 1030. The molecule has 6 heteroatoms. The molecule has 1 heterocycles. The molecule has 3 nitrogen and oxygen atoms in total. The Morgan fingerprint density at radius 1 is 1.07 bits per heavy atom. The van der Waals surface area contributed by atoms with Crippen molar-refractivity contribution < 1.29 is 22.7 Å². The maximum Gasteiger partial charge on any atom is 0.416 e. The van der Waals surface area contributed by atoms with Crippen molar-refractivity contribution in [3.8, 4) is 0 Å². The summed E-state index contributed by atoms with van der Waals surface area (Å²) in [5.41, 5.74) is 3.79. The topological polar surface area (TPSA) is 31.2 Å². The van der Waals surface area contributed by atoms with Gasteiger partial charge in [0.15, 0.2) is 0 Å². The number of para-hydroxylation sites is 1. The van der Waals surface area contributed by atoms with Crippen molar-refractivity contribution in [2.24, 2.45) is 0 Å². The number of carbonyl (C=O) groups is 1. The van der Waals surface area contributed by atoms with Gasteiger partial charge >= 0.3 is 12.1 Å². The van der Waals surface area contributed by atoms with E-state index in [2.05, 4.69) is 4.57 Å². The lowest BCUT2D eigenvalue weighted by Gasteiger charge is -2.17. The van der Waals surface area contributed by atoms with Gasteiger partial charge in [0, 0.05) is 17.6 Å². The first-order valence-electron chi connectivity index (χ1n) is 9.27. The van der Waals surface area contributed by atoms with Gasteiger partial charge in [-0.2, -0.15) is 13.2 Å². The van der Waals surface area contributed by atoms with E-state index in [1.54, 1.807) is 6.07 Å². The minimum Gasteiger partial charge on any atom is -0.465 e. The highest BCUT2D eigenvalue weighted by atomic mass is 19.4. The zero-order chi connectivity index (χ0) is 19.9. The zero-order valence-corrected chi connectivity index (χ0v) is 15.5. The van der Waals surface area contributed by atoms with Gasteiger partial charge in [0.05, 0.1) is 23.8 Å². The van der Waals surface area contributed by atoms with E-state index in [0.29, 0.717) is 12.1 Å². The summed E-state index contributed by atoms with van der Waals surface area (Å²) in [6.07, 6.45) is -0.365. The molecule has 2 aromatic carbocycles. The van der Waals surface area contributed by atoms with Crippen LogP contribution < -0.4 is 0 Å². The molecule has 0 saturated carbocycles. The van der Waals surface area contributed by atoms with Crippen LogP contribution in [0.25, 0.3) is 10.9 Å². The molecule has 0 saturated heterocycles. The number of esters is 1. The quantitative estimate of drug-likeness (QED) is 0.566. The van der Waals surface area contributed by atoms with E-state index in [4.69, 9.17) is 4.74 Å². The van der Waals surface area contributed by atoms with E-state index in [1.165, 1.54) is 24.8 Å². The fourth-order valence-electron chi connectivity index (χ4n) is 4.12. The Balaban J connectivity index is 1.85. The molecule has 3 aromatic rings. The lowest BCUT2D eigenvalue weighted by molar-refractivity contribution is -0.137. The number of carbonyl (C=O) groups excluding carboxylic acids is 1. The van der Waals surface area contributed by atoms with Crippen molar-refractivity contribution in [2.45, 2.75) is 38.4 Å². The maximum absolute atomic E-state index is 12.9. The van der Waals surface area contributed by atoms with Crippen LogP contribution >= 0.6 is 0 Å². The number of alkyl halides is 3. The first-order chi connectivity index (χ1) is 13.4. The summed E-state index contributed by atoms with van der Waals surface area (Å²) < 4.78 is 45.6. The summed E-state index contributed by atoms with van der Waals surface area (Å²) in [5, 5.41) is 1.03. The van der Waals surface area contributed by atoms with Crippen LogP contribution in [-0.2, 0) is 30.3 Å². The molecule has 146 valence electrons. The van der Waals surface area contributed by atoms with Gasteiger partial charge in [-0.15, -0.1) is 0 Å². The summed E-state index contributed by atoms with van der Waals surface area (Å²) in [4.78, 5) is 12.3. The summed E-state index contributed by atoms with van der Waals surface area (Å²) in [6, 6.07) is 10.8. The Morgan fingerprint density at radius 2 is 1.79 bits per heavy atom. The summed E-state index contributed by atoms with van der Waals surface area (Å²) in [5.74, 6) is -0.408. The maximum atomic E-state index is 12.9. The van der Waals surface area contributed by atoms with Gasteiger partial charge in [-0.25, -0.2) is 4.79 Å². The molecule has 0 bridgehead atoms. The van der Waals surface area contributed by atoms with E-state index in [-0.39, 0.29) is 0 Å². The van der Waals surface area contributed by atoms with E-state index < -0.39 is 17.7 Å². The fourth-order valence-corrected chi connectivity index (χ4v) is 4.12. The van der Waals surface area contributed by atoms with Crippen molar-refractivity contribution in [1.82, 2.24) is 4.57 Å². The van der Waals surface area contributed by atoms with Crippen LogP contribution in [0.2, 0.25) is 0 Å². The first-order valence-corrected chi connectivity index (χ1v) is 9.27. The van der Waals surface area contributed by atoms with Crippen LogP contribution in [0.5, 0.6) is 0 Å². The van der Waals surface area contributed by atoms with Gasteiger partial charge in [0.2, 0.25) is 0 Å². The average Bonchev–Trinajstić information content (AvgIpc) is 3.01. The van der Waals surface area contributed by atoms with E-state index in [0.717, 1.165) is 60.0 Å². The predicted molar refractivity (Wildman–Crippen MR) is 100 cm³/mol. The van der Waals surface area contributed by atoms with Gasteiger partial charge in [0.25, 0.3) is 0 Å². The number of hydrogen-bond acceptors (Lipinski definition) is 2. The summed E-state index contributed by atoms with van der Waals surface area (Å²) in [6.45, 7) is 0.415. The van der Waals surface area contributed by atoms with Crippen LogP contribution in [0.15, 0.2) is 42.5 Å². The molecular weight excluding hydrogens is 367 g/mol. The van der Waals surface area contributed by atoms with Gasteiger partial charge in [0.1, 0.15) is 0 Å². The van der Waals surface area contributed by atoms with Crippen molar-refractivity contribution in [3.63, 3.8) is 0 Å². The SMILES string of the molecule is COC(=O)c1cccc2c3c(n(Cc4ccc(C(F)(F)F)cc4)c12)CCCC3. The number of aryl methyl sites for hydroxylation is 1. The number of hydrogen-bond donors (Lipinski definition) is 0. The molecule has 4 rings (SSSR count). The number of aromatic nitrogens is 1. The lowest BCUT2D eigenvalue weighted by atomic mass is 9.95. The molecule has 1 aliphatic rings. The van der Waals surface area contributed by atoms with Crippen molar-refractivity contribution in [2.75, 3.05) is 7.11 Å². The molecule has 0 spiro atoms. The number of rotatable bonds is 3. The summed E-state index contributed by atoms with van der Waals surface area (Å²) >= 11 is 0. The third kappa shape index (κ3) is 3.17. The monoisotopic (exact) mass is 387 g/mol. The average molecular weight is 387 g/mol. The van der Waals surface area contributed by atoms with Gasteiger partial charge in [-0.1, -0.05) is 24.3 Å². The van der Waals surface area contributed by atoms with Gasteiger partial charge in [-0.3, -0.25) is 0 Å². The number of fused-ring (bicyclic) bond motifs is 3. The highest BCUT2D eigenvalue weighted by Crippen LogP contribution is 2.35. The van der Waals surface area contributed by atoms with Gasteiger partial charge in [-0.05, 0) is 55.0 Å². The second-order valence-electron chi connectivity index (χ2n) is 7.11. The normalized spacial score (nSPS) is 14.1. The van der Waals surface area contributed by atoms with Crippen LogP contribution in [0, 0.1) is 0 Å². The minimum atomic E-state index is -4.35. The highest BCUT2D eigenvalue weighted by molar-refractivity contribution is 6.04. The molecule has 0 N–H and O–H groups in total. The number of ether oxygens (including phenoxy) is 1. The number of nitrogens with zero attached hydrogens (tertiary/aromatic N) is 1. The third-order valence-corrected chi connectivity index (χ3v) is 5.42. The van der Waals surface area contributed by atoms with E-state index in [1.807, 2.05) is 12.1 Å². The summed E-state index contributed by atoms with van der Waals surface area (Å²) in [7, 11) is 1.35. The molecular formula is C22H20F3NO2. The molecule has 1 aromatic heterocycles. The van der Waals surface area contributed by atoms with Crippen molar-refractivity contribution in [1.29, 1.82) is 0 Å². The Kier molecular flexibility index (Phi) is 4.65. The Labute approximate surface area is 160 Å². The molecule has 28 heavy (non-hydrogen) atoms. The fraction of sp³-hybridized carbons (Fsp3) is 0.318. The number of halogens is 3. The Hall–Kier alpha value is -2.76. The molecule has 0 radical (unpaired) electrons. The molecule has 0 amide bonds.